The number of methoxy groups -OCH3 is 2. The SMILES string of the molecule is CCOC(=O)C1(CCOC)CCN(C(C)Cc2ccccc2OC)CC1. The van der Waals surface area contributed by atoms with Gasteiger partial charge in [-0.1, -0.05) is 18.2 Å². The predicted molar refractivity (Wildman–Crippen MR) is 103 cm³/mol. The van der Waals surface area contributed by atoms with Gasteiger partial charge in [0, 0.05) is 19.8 Å². The Hall–Kier alpha value is -1.59. The number of hydrogen-bond donors (Lipinski definition) is 0. The summed E-state index contributed by atoms with van der Waals surface area (Å²) in [7, 11) is 3.40. The molecule has 0 radical (unpaired) electrons. The summed E-state index contributed by atoms with van der Waals surface area (Å²) in [5.41, 5.74) is 0.830. The number of hydrogen-bond acceptors (Lipinski definition) is 5. The van der Waals surface area contributed by atoms with E-state index in [1.807, 2.05) is 19.1 Å². The van der Waals surface area contributed by atoms with Crippen molar-refractivity contribution in [2.45, 2.75) is 45.6 Å². The van der Waals surface area contributed by atoms with Crippen molar-refractivity contribution in [2.75, 3.05) is 40.5 Å². The van der Waals surface area contributed by atoms with Crippen LogP contribution in [0, 0.1) is 5.41 Å². The van der Waals surface area contributed by atoms with E-state index < -0.39 is 5.41 Å². The van der Waals surface area contributed by atoms with Crippen molar-refractivity contribution in [3.63, 3.8) is 0 Å². The molecular weight excluding hydrogens is 330 g/mol. The maximum atomic E-state index is 12.6. The second kappa shape index (κ2) is 9.93. The Kier molecular flexibility index (Phi) is 7.91. The van der Waals surface area contributed by atoms with Crippen LogP contribution in [0.4, 0.5) is 0 Å². The lowest BCUT2D eigenvalue weighted by Crippen LogP contribution is -2.48. The maximum absolute atomic E-state index is 12.6. The second-order valence-electron chi connectivity index (χ2n) is 7.14. The van der Waals surface area contributed by atoms with Gasteiger partial charge in [-0.2, -0.15) is 0 Å². The van der Waals surface area contributed by atoms with Crippen LogP contribution < -0.4 is 4.74 Å². The Balaban J connectivity index is 1.99. The quantitative estimate of drug-likeness (QED) is 0.630. The zero-order valence-electron chi connectivity index (χ0n) is 16.6. The van der Waals surface area contributed by atoms with E-state index in [0.29, 0.717) is 19.3 Å². The Bertz CT molecular complexity index is 567. The number of piperidine rings is 1. The van der Waals surface area contributed by atoms with Crippen molar-refractivity contribution < 1.29 is 19.0 Å². The Morgan fingerprint density at radius 3 is 2.54 bits per heavy atom. The van der Waals surface area contributed by atoms with E-state index in [9.17, 15) is 4.79 Å². The van der Waals surface area contributed by atoms with Crippen LogP contribution in [-0.4, -0.2) is 57.4 Å². The van der Waals surface area contributed by atoms with Crippen LogP contribution in [0.5, 0.6) is 5.75 Å². The molecule has 1 aromatic rings. The minimum absolute atomic E-state index is 0.0610. The largest absolute Gasteiger partial charge is 0.496 e. The van der Waals surface area contributed by atoms with Gasteiger partial charge in [0.15, 0.2) is 0 Å². The number of carbonyl (C=O) groups is 1. The summed E-state index contributed by atoms with van der Waals surface area (Å²) in [6.07, 6.45) is 3.32. The maximum Gasteiger partial charge on any atom is 0.312 e. The molecule has 0 aromatic heterocycles. The summed E-state index contributed by atoms with van der Waals surface area (Å²) in [5.74, 6) is 0.881. The van der Waals surface area contributed by atoms with E-state index in [4.69, 9.17) is 14.2 Å². The molecule has 5 heteroatoms. The third kappa shape index (κ3) is 4.98. The summed E-state index contributed by atoms with van der Waals surface area (Å²) in [6.45, 7) is 6.94. The number of esters is 1. The number of carbonyl (C=O) groups excluding carboxylic acids is 1. The monoisotopic (exact) mass is 363 g/mol. The van der Waals surface area contributed by atoms with Crippen LogP contribution >= 0.6 is 0 Å². The molecule has 0 N–H and O–H groups in total. The van der Waals surface area contributed by atoms with Gasteiger partial charge in [-0.15, -0.1) is 0 Å². The first-order valence-corrected chi connectivity index (χ1v) is 9.58. The first-order valence-electron chi connectivity index (χ1n) is 9.58. The van der Waals surface area contributed by atoms with E-state index in [0.717, 1.165) is 44.5 Å². The highest BCUT2D eigenvalue weighted by Gasteiger charge is 2.42. The summed E-state index contributed by atoms with van der Waals surface area (Å²) >= 11 is 0. The number of nitrogens with zero attached hydrogens (tertiary/aromatic N) is 1. The van der Waals surface area contributed by atoms with Crippen LogP contribution in [0.25, 0.3) is 0 Å². The summed E-state index contributed by atoms with van der Waals surface area (Å²) < 4.78 is 16.1. The van der Waals surface area contributed by atoms with Gasteiger partial charge in [0.25, 0.3) is 0 Å². The molecule has 2 rings (SSSR count). The Morgan fingerprint density at radius 1 is 1.23 bits per heavy atom. The van der Waals surface area contributed by atoms with Gasteiger partial charge in [-0.05, 0) is 64.3 Å². The molecule has 0 spiro atoms. The van der Waals surface area contributed by atoms with Crippen molar-refractivity contribution >= 4 is 5.97 Å². The Morgan fingerprint density at radius 2 is 1.92 bits per heavy atom. The molecule has 1 aliphatic heterocycles. The van der Waals surface area contributed by atoms with E-state index in [1.165, 1.54) is 5.56 Å². The smallest absolute Gasteiger partial charge is 0.312 e. The van der Waals surface area contributed by atoms with Crippen LogP contribution in [0.2, 0.25) is 0 Å². The topological polar surface area (TPSA) is 48.0 Å². The van der Waals surface area contributed by atoms with E-state index in [1.54, 1.807) is 14.2 Å². The van der Waals surface area contributed by atoms with Gasteiger partial charge in [0.1, 0.15) is 5.75 Å². The van der Waals surface area contributed by atoms with Gasteiger partial charge in [0.05, 0.1) is 19.1 Å². The van der Waals surface area contributed by atoms with Crippen LogP contribution in [0.15, 0.2) is 24.3 Å². The second-order valence-corrected chi connectivity index (χ2v) is 7.14. The zero-order chi connectivity index (χ0) is 19.0. The molecule has 1 unspecified atom stereocenters. The molecule has 1 heterocycles. The molecule has 26 heavy (non-hydrogen) atoms. The number of ether oxygens (including phenoxy) is 3. The molecule has 1 aliphatic rings. The summed E-state index contributed by atoms with van der Waals surface area (Å²) in [5, 5.41) is 0. The van der Waals surface area contributed by atoms with Crippen LogP contribution in [0.1, 0.15) is 38.7 Å². The molecular formula is C21H33NO4. The van der Waals surface area contributed by atoms with Gasteiger partial charge in [-0.3, -0.25) is 4.79 Å². The minimum Gasteiger partial charge on any atom is -0.496 e. The lowest BCUT2D eigenvalue weighted by atomic mass is 9.75. The van der Waals surface area contributed by atoms with Crippen LogP contribution in [-0.2, 0) is 20.7 Å². The number of benzene rings is 1. The van der Waals surface area contributed by atoms with Crippen molar-refractivity contribution in [3.05, 3.63) is 29.8 Å². The molecule has 0 saturated carbocycles. The molecule has 1 fully saturated rings. The fourth-order valence-corrected chi connectivity index (χ4v) is 3.85. The highest BCUT2D eigenvalue weighted by atomic mass is 16.5. The average Bonchev–Trinajstić information content (AvgIpc) is 2.67. The summed E-state index contributed by atoms with van der Waals surface area (Å²) in [6, 6.07) is 8.58. The first-order chi connectivity index (χ1) is 12.6. The van der Waals surface area contributed by atoms with Crippen LogP contribution in [0.3, 0.4) is 0 Å². The fraction of sp³-hybridized carbons (Fsp3) is 0.667. The van der Waals surface area contributed by atoms with E-state index >= 15 is 0 Å². The Labute approximate surface area is 157 Å². The lowest BCUT2D eigenvalue weighted by Gasteiger charge is -2.42. The van der Waals surface area contributed by atoms with Gasteiger partial charge in [-0.25, -0.2) is 0 Å². The van der Waals surface area contributed by atoms with E-state index in [2.05, 4.69) is 24.0 Å². The van der Waals surface area contributed by atoms with Gasteiger partial charge < -0.3 is 19.1 Å². The molecule has 1 aromatic carbocycles. The first kappa shape index (κ1) is 20.7. The lowest BCUT2D eigenvalue weighted by molar-refractivity contribution is -0.160. The van der Waals surface area contributed by atoms with Crippen molar-refractivity contribution in [1.82, 2.24) is 4.90 Å². The predicted octanol–water partition coefficient (Wildman–Crippen LogP) is 3.31. The highest BCUT2D eigenvalue weighted by molar-refractivity contribution is 5.77. The van der Waals surface area contributed by atoms with Crippen molar-refractivity contribution in [2.24, 2.45) is 5.41 Å². The van der Waals surface area contributed by atoms with Crippen molar-refractivity contribution in [3.8, 4) is 5.75 Å². The third-order valence-electron chi connectivity index (χ3n) is 5.58. The van der Waals surface area contributed by atoms with Crippen molar-refractivity contribution in [1.29, 1.82) is 0 Å². The van der Waals surface area contributed by atoms with Gasteiger partial charge >= 0.3 is 5.97 Å². The molecule has 0 aliphatic carbocycles. The number of likely N-dealkylation sites (tertiary alicyclic amines) is 1. The third-order valence-corrected chi connectivity index (χ3v) is 5.58. The average molecular weight is 363 g/mol. The van der Waals surface area contributed by atoms with E-state index in [-0.39, 0.29) is 5.97 Å². The molecule has 1 atom stereocenters. The molecule has 146 valence electrons. The zero-order valence-corrected chi connectivity index (χ0v) is 16.6. The normalized spacial score (nSPS) is 18.3. The standard InChI is InChI=1S/C21H33NO4/c1-5-26-20(23)21(12-15-24-3)10-13-22(14-11-21)17(2)16-18-8-6-7-9-19(18)25-4/h6-9,17H,5,10-16H2,1-4H3. The highest BCUT2D eigenvalue weighted by Crippen LogP contribution is 2.37. The fourth-order valence-electron chi connectivity index (χ4n) is 3.85. The molecule has 0 bridgehead atoms. The molecule has 0 amide bonds. The number of rotatable bonds is 9. The summed E-state index contributed by atoms with van der Waals surface area (Å²) in [4.78, 5) is 15.0. The molecule has 1 saturated heterocycles. The van der Waals surface area contributed by atoms with Gasteiger partial charge in [0.2, 0.25) is 0 Å². The molecule has 5 nitrogen and oxygen atoms in total. The number of para-hydroxylation sites is 1. The minimum atomic E-state index is -0.396.